The molecule has 1 aliphatic heterocycles. The number of amidine groups is 1. The highest BCUT2D eigenvalue weighted by Crippen LogP contribution is 2.14. The predicted octanol–water partition coefficient (Wildman–Crippen LogP) is -0.967. The number of ether oxygens (including phenoxy) is 2. The summed E-state index contributed by atoms with van der Waals surface area (Å²) in [4.78, 5) is 0. The average molecular weight is 245 g/mol. The van der Waals surface area contributed by atoms with Gasteiger partial charge in [0.25, 0.3) is 5.84 Å². The summed E-state index contributed by atoms with van der Waals surface area (Å²) in [5, 5.41) is 27.5. The molecule has 0 bridgehead atoms. The van der Waals surface area contributed by atoms with Gasteiger partial charge in [-0.1, -0.05) is 0 Å². The van der Waals surface area contributed by atoms with Crippen LogP contribution in [0.25, 0.3) is 0 Å². The fraction of sp³-hybridized carbons (Fsp3) is 0.700. The third-order valence-corrected chi connectivity index (χ3v) is 2.19. The maximum absolute atomic E-state index is 10.3. The van der Waals surface area contributed by atoms with E-state index in [-0.39, 0.29) is 11.7 Å². The van der Waals surface area contributed by atoms with E-state index in [1.54, 1.807) is 0 Å². The van der Waals surface area contributed by atoms with Gasteiger partial charge in [-0.25, -0.2) is 10.6 Å². The Balaban J connectivity index is 2.16. The van der Waals surface area contributed by atoms with Gasteiger partial charge in [0.1, 0.15) is 6.10 Å². The molecule has 7 nitrogen and oxygen atoms in total. The van der Waals surface area contributed by atoms with Crippen molar-refractivity contribution in [3.8, 4) is 0 Å². The van der Waals surface area contributed by atoms with Gasteiger partial charge in [-0.05, 0) is 13.8 Å². The number of rotatable bonds is 7. The first-order chi connectivity index (χ1) is 7.91. The van der Waals surface area contributed by atoms with Crippen LogP contribution >= 0.6 is 0 Å². The Morgan fingerprint density at radius 1 is 1.76 bits per heavy atom. The maximum atomic E-state index is 10.3. The fourth-order valence-electron chi connectivity index (χ4n) is 1.05. The van der Waals surface area contributed by atoms with Gasteiger partial charge in [0.2, 0.25) is 0 Å². The summed E-state index contributed by atoms with van der Waals surface area (Å²) in [5.41, 5.74) is -0.359. The Morgan fingerprint density at radius 3 is 2.94 bits per heavy atom. The zero-order chi connectivity index (χ0) is 12.9. The van der Waals surface area contributed by atoms with Crippen molar-refractivity contribution in [2.45, 2.75) is 25.6 Å². The van der Waals surface area contributed by atoms with E-state index >= 15 is 0 Å². The summed E-state index contributed by atoms with van der Waals surface area (Å²) in [6, 6.07) is 0. The first-order valence-electron chi connectivity index (χ1n) is 5.38. The Hall–Kier alpha value is -0.990. The van der Waals surface area contributed by atoms with Crippen molar-refractivity contribution in [1.82, 2.24) is 5.32 Å². The molecule has 0 aromatic carbocycles. The van der Waals surface area contributed by atoms with E-state index in [2.05, 4.69) is 5.32 Å². The zero-order valence-corrected chi connectivity index (χ0v) is 10.0. The maximum Gasteiger partial charge on any atom is 0.252 e. The topological polar surface area (TPSA) is 105 Å². The number of quaternary nitrogens is 1. The minimum absolute atomic E-state index is 0.227. The van der Waals surface area contributed by atoms with Crippen LogP contribution in [0.1, 0.15) is 13.8 Å². The molecular weight excluding hydrogens is 226 g/mol. The molecule has 0 saturated carbocycles. The largest absolute Gasteiger partial charge is 0.594 e. The van der Waals surface area contributed by atoms with Crippen LogP contribution in [0.4, 0.5) is 0 Å². The van der Waals surface area contributed by atoms with Crippen LogP contribution in [0.2, 0.25) is 0 Å². The Labute approximate surface area is 100 Å². The first-order valence-corrected chi connectivity index (χ1v) is 5.38. The molecule has 7 heteroatoms. The van der Waals surface area contributed by atoms with Crippen LogP contribution in [0.5, 0.6) is 0 Å². The van der Waals surface area contributed by atoms with Gasteiger partial charge >= 0.3 is 0 Å². The molecule has 98 valence electrons. The fourth-order valence-corrected chi connectivity index (χ4v) is 1.05. The molecule has 2 atom stereocenters. The Bertz CT molecular complexity index is 287. The minimum atomic E-state index is -1.25. The number of epoxide rings is 1. The lowest BCUT2D eigenvalue weighted by molar-refractivity contribution is -0.968. The second-order valence-electron chi connectivity index (χ2n) is 4.46. The lowest BCUT2D eigenvalue weighted by atomic mass is 10.1. The van der Waals surface area contributed by atoms with Gasteiger partial charge in [-0.3, -0.25) is 0 Å². The highest BCUT2D eigenvalue weighted by atomic mass is 16.8. The van der Waals surface area contributed by atoms with Gasteiger partial charge in [0.05, 0.1) is 18.8 Å². The minimum Gasteiger partial charge on any atom is -0.594 e. The van der Waals surface area contributed by atoms with E-state index in [4.69, 9.17) is 20.1 Å². The molecule has 0 aromatic heterocycles. The molecule has 1 fully saturated rings. The normalized spacial score (nSPS) is 21.5. The van der Waals surface area contributed by atoms with Crippen LogP contribution in [-0.4, -0.2) is 42.5 Å². The number of hydrogen-bond acceptors (Lipinski definition) is 6. The lowest BCUT2D eigenvalue weighted by Gasteiger charge is -2.24. The molecule has 1 heterocycles. The van der Waals surface area contributed by atoms with Crippen molar-refractivity contribution in [2.24, 2.45) is 0 Å². The van der Waals surface area contributed by atoms with E-state index in [0.29, 0.717) is 13.2 Å². The summed E-state index contributed by atoms with van der Waals surface area (Å²) in [6.07, 6.45) is 2.86. The molecule has 2 unspecified atom stereocenters. The third-order valence-electron chi connectivity index (χ3n) is 2.19. The van der Waals surface area contributed by atoms with E-state index in [1.165, 1.54) is 12.3 Å². The summed E-state index contributed by atoms with van der Waals surface area (Å²) in [7, 11) is 0. The van der Waals surface area contributed by atoms with Crippen molar-refractivity contribution < 1.29 is 19.9 Å². The molecule has 0 radical (unpaired) electrons. The van der Waals surface area contributed by atoms with Crippen LogP contribution in [0.15, 0.2) is 12.3 Å². The van der Waals surface area contributed by atoms with E-state index in [9.17, 15) is 5.21 Å². The molecule has 1 saturated heterocycles. The van der Waals surface area contributed by atoms with Crippen molar-refractivity contribution in [1.29, 1.82) is 5.41 Å². The van der Waals surface area contributed by atoms with E-state index in [1.807, 2.05) is 13.8 Å². The molecule has 0 aromatic rings. The monoisotopic (exact) mass is 245 g/mol. The third kappa shape index (κ3) is 6.35. The van der Waals surface area contributed by atoms with Crippen molar-refractivity contribution in [3.05, 3.63) is 17.5 Å². The van der Waals surface area contributed by atoms with Gasteiger partial charge in [0, 0.05) is 18.8 Å². The summed E-state index contributed by atoms with van der Waals surface area (Å²) in [6.45, 7) is 5.73. The van der Waals surface area contributed by atoms with Crippen LogP contribution in [-0.2, 0) is 9.47 Å². The van der Waals surface area contributed by atoms with Crippen LogP contribution < -0.4 is 10.5 Å². The second-order valence-corrected chi connectivity index (χ2v) is 4.46. The summed E-state index contributed by atoms with van der Waals surface area (Å²) < 4.78 is 10.7. The van der Waals surface area contributed by atoms with Gasteiger partial charge in [0.15, 0.2) is 0 Å². The van der Waals surface area contributed by atoms with Gasteiger partial charge < -0.3 is 20.0 Å². The van der Waals surface area contributed by atoms with Crippen molar-refractivity contribution >= 4 is 5.84 Å². The zero-order valence-electron chi connectivity index (χ0n) is 10.0. The molecule has 0 amide bonds. The highest BCUT2D eigenvalue weighted by Gasteiger charge is 2.27. The molecule has 17 heavy (non-hydrogen) atoms. The molecule has 0 aliphatic carbocycles. The predicted molar refractivity (Wildman–Crippen MR) is 60.8 cm³/mol. The van der Waals surface area contributed by atoms with E-state index < -0.39 is 11.1 Å². The Morgan fingerprint density at radius 2 is 2.41 bits per heavy atom. The SMILES string of the molecule is CC(C)(CN/C=C\C(=N)[NH+]([O-])O)OCC1CO1. The molecular formula is C10H19N3O4. The number of hydrogen-bond donors (Lipinski definition) is 4. The quantitative estimate of drug-likeness (QED) is 0.200. The van der Waals surface area contributed by atoms with Crippen molar-refractivity contribution in [3.63, 3.8) is 0 Å². The average Bonchev–Trinajstić information content (AvgIpc) is 3.05. The standard InChI is InChI=1S/C10H19N3O4/c1-10(2,17-6-8-5-16-8)7-12-4-3-9(11)13(14)15/h3-4,8,11-14H,5-7H2,1-2H3/b4-3-,11-9?. The second kappa shape index (κ2) is 6.08. The smallest absolute Gasteiger partial charge is 0.252 e. The van der Waals surface area contributed by atoms with Crippen LogP contribution in [0.3, 0.4) is 0 Å². The van der Waals surface area contributed by atoms with Gasteiger partial charge in [-0.15, -0.1) is 0 Å². The van der Waals surface area contributed by atoms with Crippen molar-refractivity contribution in [2.75, 3.05) is 19.8 Å². The van der Waals surface area contributed by atoms with E-state index in [0.717, 1.165) is 6.61 Å². The highest BCUT2D eigenvalue weighted by molar-refractivity contribution is 5.81. The lowest BCUT2D eigenvalue weighted by Crippen LogP contribution is -3.07. The number of nitrogens with one attached hydrogen (secondary N) is 3. The molecule has 4 N–H and O–H groups in total. The summed E-state index contributed by atoms with van der Waals surface area (Å²) >= 11 is 0. The number of hydroxylamine groups is 2. The Kier molecular flexibility index (Phi) is 5.03. The first kappa shape index (κ1) is 14.1. The van der Waals surface area contributed by atoms with Crippen LogP contribution in [0, 0.1) is 10.6 Å². The van der Waals surface area contributed by atoms with Gasteiger partial charge in [-0.2, -0.15) is 5.23 Å². The summed E-state index contributed by atoms with van der Waals surface area (Å²) in [5.74, 6) is -0.456. The molecule has 1 aliphatic rings. The molecule has 0 spiro atoms. The molecule has 1 rings (SSSR count).